The number of nitrogens with one attached hydrogen (secondary N) is 1. The van der Waals surface area contributed by atoms with Gasteiger partial charge in [-0.15, -0.1) is 0 Å². The summed E-state index contributed by atoms with van der Waals surface area (Å²) in [4.78, 5) is 36.1. The summed E-state index contributed by atoms with van der Waals surface area (Å²) in [6, 6.07) is 12.8. The van der Waals surface area contributed by atoms with Crippen molar-refractivity contribution < 1.29 is 19.1 Å². The van der Waals surface area contributed by atoms with Gasteiger partial charge in [-0.3, -0.25) is 9.59 Å². The summed E-state index contributed by atoms with van der Waals surface area (Å²) < 4.78 is 6.05. The number of amides is 1. The van der Waals surface area contributed by atoms with Gasteiger partial charge in [-0.25, -0.2) is 4.79 Å². The maximum Gasteiger partial charge on any atom is 0.338 e. The monoisotopic (exact) mass is 463 g/mol. The molecule has 1 aliphatic rings. The third-order valence-electron chi connectivity index (χ3n) is 4.42. The molecule has 26 heavy (non-hydrogen) atoms. The molecule has 0 aromatic heterocycles. The molecule has 134 valence electrons. The second-order valence-electron chi connectivity index (χ2n) is 6.89. The standard InChI is InChI=1S/C20H18INO4/c1-20(2,13-3-5-14(21)6-4-13)10-17(23)18(24)22-15-7-8-16-12(9-15)11-26-19(16)25/h3-9H,10-11H2,1-2H3,(H,22,24). The second kappa shape index (κ2) is 7.19. The molecule has 0 saturated heterocycles. The lowest BCUT2D eigenvalue weighted by atomic mass is 9.80. The Labute approximate surface area is 165 Å². The van der Waals surface area contributed by atoms with Crippen LogP contribution < -0.4 is 5.32 Å². The van der Waals surface area contributed by atoms with Crippen LogP contribution in [0.25, 0.3) is 0 Å². The van der Waals surface area contributed by atoms with Gasteiger partial charge in [0.2, 0.25) is 5.78 Å². The van der Waals surface area contributed by atoms with E-state index in [9.17, 15) is 14.4 Å². The van der Waals surface area contributed by atoms with Crippen LogP contribution in [0.2, 0.25) is 0 Å². The Balaban J connectivity index is 1.67. The van der Waals surface area contributed by atoms with Gasteiger partial charge in [0.1, 0.15) is 6.61 Å². The average Bonchev–Trinajstić information content (AvgIpc) is 2.95. The fourth-order valence-corrected chi connectivity index (χ4v) is 3.26. The van der Waals surface area contributed by atoms with Gasteiger partial charge in [0.05, 0.1) is 5.56 Å². The highest BCUT2D eigenvalue weighted by Gasteiger charge is 2.28. The first kappa shape index (κ1) is 18.6. The minimum absolute atomic E-state index is 0.103. The van der Waals surface area contributed by atoms with Crippen molar-refractivity contribution in [2.24, 2.45) is 0 Å². The van der Waals surface area contributed by atoms with Crippen LogP contribution in [0.1, 0.15) is 41.8 Å². The number of rotatable bonds is 5. The third-order valence-corrected chi connectivity index (χ3v) is 5.14. The summed E-state index contributed by atoms with van der Waals surface area (Å²) in [5.41, 5.74) is 2.24. The molecule has 0 saturated carbocycles. The van der Waals surface area contributed by atoms with Crippen LogP contribution in [-0.2, 0) is 26.3 Å². The first-order valence-corrected chi connectivity index (χ1v) is 9.24. The van der Waals surface area contributed by atoms with E-state index in [0.29, 0.717) is 16.8 Å². The van der Waals surface area contributed by atoms with Crippen LogP contribution in [0, 0.1) is 3.57 Å². The Kier molecular flexibility index (Phi) is 5.13. The zero-order valence-electron chi connectivity index (χ0n) is 14.5. The first-order chi connectivity index (χ1) is 12.3. The molecule has 1 heterocycles. The summed E-state index contributed by atoms with van der Waals surface area (Å²) in [6.07, 6.45) is 0.103. The van der Waals surface area contributed by atoms with Gasteiger partial charge in [-0.2, -0.15) is 0 Å². The van der Waals surface area contributed by atoms with Crippen LogP contribution in [0.5, 0.6) is 0 Å². The second-order valence-corrected chi connectivity index (χ2v) is 8.14. The number of benzene rings is 2. The molecule has 0 bridgehead atoms. The number of ether oxygens (including phenoxy) is 1. The molecule has 0 unspecified atom stereocenters. The van der Waals surface area contributed by atoms with E-state index < -0.39 is 17.1 Å². The minimum Gasteiger partial charge on any atom is -0.457 e. The predicted molar refractivity (Wildman–Crippen MR) is 106 cm³/mol. The Morgan fingerprint density at radius 3 is 2.54 bits per heavy atom. The summed E-state index contributed by atoms with van der Waals surface area (Å²) in [7, 11) is 0. The molecule has 1 N–H and O–H groups in total. The molecule has 2 aromatic carbocycles. The number of hydrogen-bond donors (Lipinski definition) is 1. The van der Waals surface area contributed by atoms with Crippen molar-refractivity contribution in [1.82, 2.24) is 0 Å². The summed E-state index contributed by atoms with van der Waals surface area (Å²) >= 11 is 2.23. The maximum atomic E-state index is 12.4. The van der Waals surface area contributed by atoms with Crippen LogP contribution in [0.15, 0.2) is 42.5 Å². The van der Waals surface area contributed by atoms with Crippen LogP contribution in [0.4, 0.5) is 5.69 Å². The van der Waals surface area contributed by atoms with Crippen LogP contribution in [-0.4, -0.2) is 17.7 Å². The largest absolute Gasteiger partial charge is 0.457 e. The van der Waals surface area contributed by atoms with E-state index in [2.05, 4.69) is 27.9 Å². The normalized spacial score (nSPS) is 13.1. The van der Waals surface area contributed by atoms with Gasteiger partial charge in [-0.05, 0) is 63.9 Å². The lowest BCUT2D eigenvalue weighted by Crippen LogP contribution is -2.30. The van der Waals surface area contributed by atoms with Crippen LogP contribution >= 0.6 is 22.6 Å². The number of ketones is 1. The third kappa shape index (κ3) is 3.95. The molecule has 6 heteroatoms. The van der Waals surface area contributed by atoms with Gasteiger partial charge in [-0.1, -0.05) is 26.0 Å². The van der Waals surface area contributed by atoms with E-state index in [-0.39, 0.29) is 19.0 Å². The Bertz CT molecular complexity index is 887. The van der Waals surface area contributed by atoms with Crippen molar-refractivity contribution in [3.8, 4) is 0 Å². The SMILES string of the molecule is CC(C)(CC(=O)C(=O)Nc1ccc2c(c1)COC2=O)c1ccc(I)cc1. The minimum atomic E-state index is -0.659. The predicted octanol–water partition coefficient (Wildman–Crippen LogP) is 3.84. The quantitative estimate of drug-likeness (QED) is 0.416. The molecule has 3 rings (SSSR count). The van der Waals surface area contributed by atoms with Crippen molar-refractivity contribution in [3.05, 3.63) is 62.7 Å². The number of halogens is 1. The number of cyclic esters (lactones) is 1. The van der Waals surface area contributed by atoms with Crippen molar-refractivity contribution in [2.75, 3.05) is 5.32 Å². The van der Waals surface area contributed by atoms with E-state index in [4.69, 9.17) is 4.74 Å². The van der Waals surface area contributed by atoms with E-state index >= 15 is 0 Å². The Morgan fingerprint density at radius 1 is 1.15 bits per heavy atom. The lowest BCUT2D eigenvalue weighted by Gasteiger charge is -2.24. The molecule has 0 aliphatic carbocycles. The van der Waals surface area contributed by atoms with E-state index in [0.717, 1.165) is 9.13 Å². The molecule has 0 fully saturated rings. The highest BCUT2D eigenvalue weighted by Crippen LogP contribution is 2.28. The number of esters is 1. The summed E-state index contributed by atoms with van der Waals surface area (Å²) in [6.45, 7) is 4.07. The van der Waals surface area contributed by atoms with Crippen molar-refractivity contribution in [3.63, 3.8) is 0 Å². The molecule has 2 aromatic rings. The fraction of sp³-hybridized carbons (Fsp3) is 0.250. The molecular formula is C20H18INO4. The average molecular weight is 463 g/mol. The number of carbonyl (C=O) groups excluding carboxylic acids is 3. The smallest absolute Gasteiger partial charge is 0.338 e. The lowest BCUT2D eigenvalue weighted by molar-refractivity contribution is -0.135. The van der Waals surface area contributed by atoms with E-state index in [1.165, 1.54) is 0 Å². The Morgan fingerprint density at radius 2 is 1.85 bits per heavy atom. The number of carbonyl (C=O) groups is 3. The van der Waals surface area contributed by atoms with Crippen molar-refractivity contribution in [2.45, 2.75) is 32.3 Å². The highest BCUT2D eigenvalue weighted by atomic mass is 127. The fourth-order valence-electron chi connectivity index (χ4n) is 2.90. The molecule has 5 nitrogen and oxygen atoms in total. The van der Waals surface area contributed by atoms with Gasteiger partial charge >= 0.3 is 5.97 Å². The number of anilines is 1. The van der Waals surface area contributed by atoms with Crippen molar-refractivity contribution in [1.29, 1.82) is 0 Å². The van der Waals surface area contributed by atoms with Gasteiger partial charge < -0.3 is 10.1 Å². The Hall–Kier alpha value is -2.22. The molecule has 0 atom stereocenters. The molecular weight excluding hydrogens is 445 g/mol. The summed E-state index contributed by atoms with van der Waals surface area (Å²) in [5, 5.41) is 2.61. The van der Waals surface area contributed by atoms with Gasteiger partial charge in [0.15, 0.2) is 0 Å². The number of fused-ring (bicyclic) bond motifs is 1. The summed E-state index contributed by atoms with van der Waals surface area (Å²) in [5.74, 6) is -1.51. The number of Topliss-reactive ketones (excluding diaryl/α,β-unsaturated/α-hetero) is 1. The van der Waals surface area contributed by atoms with Crippen molar-refractivity contribution >= 4 is 45.9 Å². The zero-order chi connectivity index (χ0) is 18.9. The number of hydrogen-bond acceptors (Lipinski definition) is 4. The highest BCUT2D eigenvalue weighted by molar-refractivity contribution is 14.1. The zero-order valence-corrected chi connectivity index (χ0v) is 16.6. The molecule has 1 amide bonds. The molecule has 0 radical (unpaired) electrons. The van der Waals surface area contributed by atoms with Gasteiger partial charge in [0, 0.05) is 21.2 Å². The van der Waals surface area contributed by atoms with Crippen LogP contribution in [0.3, 0.4) is 0 Å². The van der Waals surface area contributed by atoms with E-state index in [1.54, 1.807) is 18.2 Å². The molecule has 1 aliphatic heterocycles. The maximum absolute atomic E-state index is 12.4. The van der Waals surface area contributed by atoms with E-state index in [1.807, 2.05) is 38.1 Å². The first-order valence-electron chi connectivity index (χ1n) is 8.16. The molecule has 0 spiro atoms. The topological polar surface area (TPSA) is 72.5 Å². The van der Waals surface area contributed by atoms with Gasteiger partial charge in [0.25, 0.3) is 5.91 Å².